The van der Waals surface area contributed by atoms with Crippen LogP contribution >= 0.6 is 0 Å². The van der Waals surface area contributed by atoms with E-state index in [4.69, 9.17) is 4.74 Å². The van der Waals surface area contributed by atoms with Crippen LogP contribution in [0.1, 0.15) is 42.5 Å². The molecule has 1 aromatic rings. The van der Waals surface area contributed by atoms with Crippen molar-refractivity contribution in [3.63, 3.8) is 0 Å². The molecule has 1 rings (SSSR count). The molecule has 0 atom stereocenters. The number of ether oxygens (including phenoxy) is 1. The topological polar surface area (TPSA) is 21.3 Å². The van der Waals surface area contributed by atoms with Gasteiger partial charge in [0.15, 0.2) is 0 Å². The molecule has 0 saturated heterocycles. The standard InChI is InChI=1S/C16H27NO/c1-12(2)17-7-6-8-18-11-16-14(4)9-13(3)10-15(16)5/h9-10,12,17H,6-8,11H2,1-5H3. The molecular formula is C16H27NO. The quantitative estimate of drug-likeness (QED) is 0.747. The van der Waals surface area contributed by atoms with E-state index in [9.17, 15) is 0 Å². The first-order chi connectivity index (χ1) is 8.50. The second kappa shape index (κ2) is 7.55. The van der Waals surface area contributed by atoms with E-state index in [1.165, 1.54) is 22.3 Å². The maximum Gasteiger partial charge on any atom is 0.0721 e. The van der Waals surface area contributed by atoms with Crippen LogP contribution in [0.5, 0.6) is 0 Å². The minimum atomic E-state index is 0.562. The monoisotopic (exact) mass is 249 g/mol. The molecule has 0 amide bonds. The molecule has 2 heteroatoms. The molecule has 0 aliphatic carbocycles. The summed E-state index contributed by atoms with van der Waals surface area (Å²) in [6.07, 6.45) is 1.07. The molecule has 0 unspecified atom stereocenters. The van der Waals surface area contributed by atoms with Gasteiger partial charge in [-0.05, 0) is 50.4 Å². The number of rotatable bonds is 7. The highest BCUT2D eigenvalue weighted by atomic mass is 16.5. The minimum Gasteiger partial charge on any atom is -0.377 e. The molecule has 1 aromatic carbocycles. The average Bonchev–Trinajstić information content (AvgIpc) is 2.25. The lowest BCUT2D eigenvalue weighted by molar-refractivity contribution is 0.117. The second-order valence-electron chi connectivity index (χ2n) is 5.39. The van der Waals surface area contributed by atoms with Crippen molar-refractivity contribution < 1.29 is 4.74 Å². The van der Waals surface area contributed by atoms with Crippen LogP contribution in [0.4, 0.5) is 0 Å². The molecule has 0 saturated carbocycles. The Kier molecular flexibility index (Phi) is 6.37. The van der Waals surface area contributed by atoms with Crippen LogP contribution in [0.3, 0.4) is 0 Å². The lowest BCUT2D eigenvalue weighted by Crippen LogP contribution is -2.24. The van der Waals surface area contributed by atoms with Crippen LogP contribution in [0.25, 0.3) is 0 Å². The summed E-state index contributed by atoms with van der Waals surface area (Å²) in [5.41, 5.74) is 5.35. The van der Waals surface area contributed by atoms with Gasteiger partial charge in [-0.2, -0.15) is 0 Å². The Morgan fingerprint density at radius 1 is 1.11 bits per heavy atom. The van der Waals surface area contributed by atoms with Crippen LogP contribution in [0.2, 0.25) is 0 Å². The normalized spacial score (nSPS) is 11.2. The van der Waals surface area contributed by atoms with E-state index in [1.807, 2.05) is 0 Å². The average molecular weight is 249 g/mol. The molecule has 1 N–H and O–H groups in total. The maximum atomic E-state index is 5.76. The van der Waals surface area contributed by atoms with E-state index >= 15 is 0 Å². The van der Waals surface area contributed by atoms with Crippen molar-refractivity contribution in [2.24, 2.45) is 0 Å². The molecule has 0 aliphatic heterocycles. The van der Waals surface area contributed by atoms with Crippen LogP contribution in [-0.4, -0.2) is 19.2 Å². The summed E-state index contributed by atoms with van der Waals surface area (Å²) in [4.78, 5) is 0. The predicted octanol–water partition coefficient (Wildman–Crippen LogP) is 3.52. The molecule has 0 heterocycles. The molecule has 18 heavy (non-hydrogen) atoms. The minimum absolute atomic E-state index is 0.562. The zero-order chi connectivity index (χ0) is 13.5. The Labute approximate surface area is 112 Å². The van der Waals surface area contributed by atoms with Crippen molar-refractivity contribution in [2.45, 2.75) is 53.7 Å². The van der Waals surface area contributed by atoms with E-state index in [2.05, 4.69) is 52.1 Å². The van der Waals surface area contributed by atoms with E-state index in [0.29, 0.717) is 6.04 Å². The summed E-state index contributed by atoms with van der Waals surface area (Å²) in [5.74, 6) is 0. The first-order valence-electron chi connectivity index (χ1n) is 6.88. The summed E-state index contributed by atoms with van der Waals surface area (Å²) >= 11 is 0. The van der Waals surface area contributed by atoms with Crippen molar-refractivity contribution in [1.82, 2.24) is 5.32 Å². The Hall–Kier alpha value is -0.860. The summed E-state index contributed by atoms with van der Waals surface area (Å²) in [5, 5.41) is 3.39. The Bertz CT molecular complexity index is 348. The van der Waals surface area contributed by atoms with Gasteiger partial charge in [-0.15, -0.1) is 0 Å². The third-order valence-electron chi connectivity index (χ3n) is 3.10. The predicted molar refractivity (Wildman–Crippen MR) is 78.1 cm³/mol. The van der Waals surface area contributed by atoms with Crippen molar-refractivity contribution in [2.75, 3.05) is 13.2 Å². The highest BCUT2D eigenvalue weighted by molar-refractivity contribution is 5.36. The number of benzene rings is 1. The van der Waals surface area contributed by atoms with Gasteiger partial charge in [-0.25, -0.2) is 0 Å². The first kappa shape index (κ1) is 15.2. The van der Waals surface area contributed by atoms with Gasteiger partial charge in [0, 0.05) is 12.6 Å². The molecule has 0 radical (unpaired) electrons. The smallest absolute Gasteiger partial charge is 0.0721 e. The molecule has 102 valence electrons. The fraction of sp³-hybridized carbons (Fsp3) is 0.625. The lowest BCUT2D eigenvalue weighted by Gasteiger charge is -2.12. The maximum absolute atomic E-state index is 5.76. The van der Waals surface area contributed by atoms with Crippen molar-refractivity contribution in [1.29, 1.82) is 0 Å². The highest BCUT2D eigenvalue weighted by Crippen LogP contribution is 2.17. The summed E-state index contributed by atoms with van der Waals surface area (Å²) < 4.78 is 5.76. The summed E-state index contributed by atoms with van der Waals surface area (Å²) in [6, 6.07) is 5.02. The molecule has 0 aliphatic rings. The lowest BCUT2D eigenvalue weighted by atomic mass is 10.0. The van der Waals surface area contributed by atoms with E-state index in [0.717, 1.165) is 26.2 Å². The van der Waals surface area contributed by atoms with Crippen LogP contribution in [0.15, 0.2) is 12.1 Å². The van der Waals surface area contributed by atoms with Gasteiger partial charge in [0.25, 0.3) is 0 Å². The van der Waals surface area contributed by atoms with E-state index in [-0.39, 0.29) is 0 Å². The van der Waals surface area contributed by atoms with Gasteiger partial charge < -0.3 is 10.1 Å². The third kappa shape index (κ3) is 5.19. The number of hydrogen-bond acceptors (Lipinski definition) is 2. The second-order valence-corrected chi connectivity index (χ2v) is 5.39. The van der Waals surface area contributed by atoms with Crippen LogP contribution < -0.4 is 5.32 Å². The fourth-order valence-electron chi connectivity index (χ4n) is 2.18. The van der Waals surface area contributed by atoms with Gasteiger partial charge in [0.1, 0.15) is 0 Å². The van der Waals surface area contributed by atoms with Gasteiger partial charge >= 0.3 is 0 Å². The zero-order valence-electron chi connectivity index (χ0n) is 12.5. The molecule has 0 aromatic heterocycles. The fourth-order valence-corrected chi connectivity index (χ4v) is 2.18. The van der Waals surface area contributed by atoms with Crippen LogP contribution in [0, 0.1) is 20.8 Å². The van der Waals surface area contributed by atoms with E-state index in [1.54, 1.807) is 0 Å². The molecule has 0 spiro atoms. The molecule has 2 nitrogen and oxygen atoms in total. The largest absolute Gasteiger partial charge is 0.377 e. The number of hydrogen-bond donors (Lipinski definition) is 1. The Morgan fingerprint density at radius 2 is 1.72 bits per heavy atom. The van der Waals surface area contributed by atoms with Crippen LogP contribution in [-0.2, 0) is 11.3 Å². The van der Waals surface area contributed by atoms with Crippen molar-refractivity contribution in [3.05, 3.63) is 34.4 Å². The zero-order valence-corrected chi connectivity index (χ0v) is 12.5. The Morgan fingerprint density at radius 3 is 2.28 bits per heavy atom. The Balaban J connectivity index is 2.31. The SMILES string of the molecule is Cc1cc(C)c(COCCCNC(C)C)c(C)c1. The van der Waals surface area contributed by atoms with Gasteiger partial charge in [0.2, 0.25) is 0 Å². The first-order valence-corrected chi connectivity index (χ1v) is 6.88. The van der Waals surface area contributed by atoms with Gasteiger partial charge in [-0.1, -0.05) is 31.5 Å². The molecular weight excluding hydrogens is 222 g/mol. The number of aryl methyl sites for hydroxylation is 3. The van der Waals surface area contributed by atoms with E-state index < -0.39 is 0 Å². The third-order valence-corrected chi connectivity index (χ3v) is 3.10. The summed E-state index contributed by atoms with van der Waals surface area (Å²) in [7, 11) is 0. The molecule has 0 bridgehead atoms. The highest BCUT2D eigenvalue weighted by Gasteiger charge is 2.03. The van der Waals surface area contributed by atoms with Gasteiger partial charge in [0.05, 0.1) is 6.61 Å². The number of nitrogens with one attached hydrogen (secondary N) is 1. The van der Waals surface area contributed by atoms with Crippen molar-refractivity contribution in [3.8, 4) is 0 Å². The van der Waals surface area contributed by atoms with Crippen molar-refractivity contribution >= 4 is 0 Å². The summed E-state index contributed by atoms with van der Waals surface area (Å²) in [6.45, 7) is 13.4. The molecule has 0 fully saturated rings. The van der Waals surface area contributed by atoms with Gasteiger partial charge in [-0.3, -0.25) is 0 Å².